The molecule has 0 bridgehead atoms. The number of nitriles is 1. The molecule has 2 heteroatoms. The van der Waals surface area contributed by atoms with E-state index in [0.29, 0.717) is 0 Å². The fourth-order valence-electron chi connectivity index (χ4n) is 2.55. The van der Waals surface area contributed by atoms with E-state index in [1.807, 2.05) is 18.2 Å². The van der Waals surface area contributed by atoms with E-state index in [-0.39, 0.29) is 5.41 Å². The molecule has 16 heavy (non-hydrogen) atoms. The summed E-state index contributed by atoms with van der Waals surface area (Å²) in [5.74, 6) is 0.878. The van der Waals surface area contributed by atoms with E-state index in [4.69, 9.17) is 4.74 Å². The maximum Gasteiger partial charge on any atom is 0.119 e. The predicted octanol–water partition coefficient (Wildman–Crippen LogP) is 3.32. The second-order valence-corrected chi connectivity index (χ2v) is 4.63. The van der Waals surface area contributed by atoms with Gasteiger partial charge in [0.25, 0.3) is 0 Å². The molecule has 0 spiro atoms. The van der Waals surface area contributed by atoms with Gasteiger partial charge >= 0.3 is 0 Å². The molecule has 0 amide bonds. The highest BCUT2D eigenvalue weighted by molar-refractivity contribution is 5.30. The highest BCUT2D eigenvalue weighted by Crippen LogP contribution is 2.40. The molecule has 1 aromatic rings. The first-order valence-corrected chi connectivity index (χ1v) is 5.82. The third-order valence-electron chi connectivity index (χ3n) is 3.47. The lowest BCUT2D eigenvalue weighted by atomic mass is 9.81. The van der Waals surface area contributed by atoms with Crippen LogP contribution < -0.4 is 4.74 Å². The van der Waals surface area contributed by atoms with Gasteiger partial charge in [-0.25, -0.2) is 0 Å². The van der Waals surface area contributed by atoms with Crippen LogP contribution in [0.5, 0.6) is 5.75 Å². The summed E-state index contributed by atoms with van der Waals surface area (Å²) >= 11 is 0. The Balaban J connectivity index is 2.16. The number of rotatable bonds is 3. The van der Waals surface area contributed by atoms with Gasteiger partial charge in [-0.15, -0.1) is 0 Å². The molecule has 0 N–H and O–H groups in total. The second kappa shape index (κ2) is 4.57. The molecule has 84 valence electrons. The lowest BCUT2D eigenvalue weighted by Gasteiger charge is -2.20. The van der Waals surface area contributed by atoms with Gasteiger partial charge in [-0.1, -0.05) is 25.0 Å². The van der Waals surface area contributed by atoms with Gasteiger partial charge in [0.05, 0.1) is 18.6 Å². The van der Waals surface area contributed by atoms with Crippen LogP contribution in [0, 0.1) is 16.7 Å². The van der Waals surface area contributed by atoms with Gasteiger partial charge in [0.2, 0.25) is 0 Å². The fourth-order valence-corrected chi connectivity index (χ4v) is 2.55. The minimum absolute atomic E-state index is 0.119. The van der Waals surface area contributed by atoms with E-state index in [1.54, 1.807) is 7.11 Å². The molecule has 1 aliphatic carbocycles. The minimum Gasteiger partial charge on any atom is -0.497 e. The number of nitrogens with zero attached hydrogens (tertiary/aromatic N) is 1. The Morgan fingerprint density at radius 1 is 1.38 bits per heavy atom. The molecule has 0 atom stereocenters. The molecule has 0 heterocycles. The van der Waals surface area contributed by atoms with Crippen LogP contribution in [-0.4, -0.2) is 7.11 Å². The summed E-state index contributed by atoms with van der Waals surface area (Å²) in [7, 11) is 1.68. The molecule has 0 unspecified atom stereocenters. The van der Waals surface area contributed by atoms with Crippen molar-refractivity contribution in [3.63, 3.8) is 0 Å². The number of methoxy groups -OCH3 is 1. The van der Waals surface area contributed by atoms with E-state index >= 15 is 0 Å². The minimum atomic E-state index is -0.119. The fraction of sp³-hybridized carbons (Fsp3) is 0.500. The van der Waals surface area contributed by atoms with Crippen LogP contribution >= 0.6 is 0 Å². The van der Waals surface area contributed by atoms with Crippen LogP contribution in [0.1, 0.15) is 31.2 Å². The van der Waals surface area contributed by atoms with Gasteiger partial charge < -0.3 is 4.74 Å². The van der Waals surface area contributed by atoms with Crippen molar-refractivity contribution in [2.75, 3.05) is 7.11 Å². The Morgan fingerprint density at radius 2 is 2.12 bits per heavy atom. The molecule has 0 radical (unpaired) electrons. The topological polar surface area (TPSA) is 33.0 Å². The average Bonchev–Trinajstić information content (AvgIpc) is 2.78. The average molecular weight is 215 g/mol. The molecule has 2 rings (SSSR count). The maximum atomic E-state index is 9.32. The van der Waals surface area contributed by atoms with Gasteiger partial charge in [-0.3, -0.25) is 0 Å². The largest absolute Gasteiger partial charge is 0.497 e. The quantitative estimate of drug-likeness (QED) is 0.774. The first-order chi connectivity index (χ1) is 7.78. The molecule has 1 saturated carbocycles. The van der Waals surface area contributed by atoms with Crippen molar-refractivity contribution in [1.82, 2.24) is 0 Å². The van der Waals surface area contributed by atoms with Gasteiger partial charge in [0.1, 0.15) is 5.75 Å². The highest BCUT2D eigenvalue weighted by atomic mass is 16.5. The van der Waals surface area contributed by atoms with Crippen molar-refractivity contribution >= 4 is 0 Å². The van der Waals surface area contributed by atoms with Gasteiger partial charge in [-0.05, 0) is 37.0 Å². The third-order valence-corrected chi connectivity index (χ3v) is 3.47. The molecular weight excluding hydrogens is 198 g/mol. The smallest absolute Gasteiger partial charge is 0.119 e. The van der Waals surface area contributed by atoms with Crippen molar-refractivity contribution < 1.29 is 4.74 Å². The van der Waals surface area contributed by atoms with Crippen LogP contribution in [0.3, 0.4) is 0 Å². The van der Waals surface area contributed by atoms with Gasteiger partial charge in [0.15, 0.2) is 0 Å². The van der Waals surface area contributed by atoms with E-state index in [2.05, 4.69) is 12.1 Å². The molecule has 1 aliphatic rings. The molecule has 1 aromatic carbocycles. The van der Waals surface area contributed by atoms with Gasteiger partial charge in [-0.2, -0.15) is 5.26 Å². The van der Waals surface area contributed by atoms with Gasteiger partial charge in [0, 0.05) is 0 Å². The van der Waals surface area contributed by atoms with E-state index in [9.17, 15) is 5.26 Å². The monoisotopic (exact) mass is 215 g/mol. The van der Waals surface area contributed by atoms with Crippen molar-refractivity contribution in [3.05, 3.63) is 29.8 Å². The number of hydrogen-bond donors (Lipinski definition) is 0. The lowest BCUT2D eigenvalue weighted by Crippen LogP contribution is -2.16. The van der Waals surface area contributed by atoms with Crippen LogP contribution in [0.4, 0.5) is 0 Å². The third kappa shape index (κ3) is 2.19. The molecule has 0 aromatic heterocycles. The zero-order chi connectivity index (χ0) is 11.4. The summed E-state index contributed by atoms with van der Waals surface area (Å²) in [5, 5.41) is 9.32. The Morgan fingerprint density at radius 3 is 2.75 bits per heavy atom. The van der Waals surface area contributed by atoms with Crippen LogP contribution in [0.25, 0.3) is 0 Å². The summed E-state index contributed by atoms with van der Waals surface area (Å²) in [4.78, 5) is 0. The standard InChI is InChI=1S/C14H17NO/c1-16-13-6-4-5-12(9-13)10-14(11-15)7-2-3-8-14/h4-6,9H,2-3,7-8,10H2,1H3. The Kier molecular flexibility index (Phi) is 3.14. The van der Waals surface area contributed by atoms with Crippen LogP contribution in [0.15, 0.2) is 24.3 Å². The predicted molar refractivity (Wildman–Crippen MR) is 63.2 cm³/mol. The summed E-state index contributed by atoms with van der Waals surface area (Å²) in [6, 6.07) is 10.6. The van der Waals surface area contributed by atoms with E-state index in [0.717, 1.165) is 25.0 Å². The van der Waals surface area contributed by atoms with Crippen molar-refractivity contribution in [2.24, 2.45) is 5.41 Å². The van der Waals surface area contributed by atoms with Crippen LogP contribution in [0.2, 0.25) is 0 Å². The summed E-state index contributed by atoms with van der Waals surface area (Å²) in [6.07, 6.45) is 5.33. The summed E-state index contributed by atoms with van der Waals surface area (Å²) in [6.45, 7) is 0. The SMILES string of the molecule is COc1cccc(CC2(C#N)CCCC2)c1. The Bertz CT molecular complexity index is 399. The molecule has 0 aliphatic heterocycles. The zero-order valence-corrected chi connectivity index (χ0v) is 9.70. The summed E-state index contributed by atoms with van der Waals surface area (Å²) < 4.78 is 5.20. The Labute approximate surface area is 96.9 Å². The number of ether oxygens (including phenoxy) is 1. The van der Waals surface area contributed by atoms with Crippen LogP contribution in [-0.2, 0) is 6.42 Å². The summed E-state index contributed by atoms with van der Waals surface area (Å²) in [5.41, 5.74) is 1.09. The molecule has 0 saturated heterocycles. The lowest BCUT2D eigenvalue weighted by molar-refractivity contribution is 0.400. The maximum absolute atomic E-state index is 9.32. The van der Waals surface area contributed by atoms with E-state index < -0.39 is 0 Å². The molecular formula is C14H17NO. The highest BCUT2D eigenvalue weighted by Gasteiger charge is 2.33. The second-order valence-electron chi connectivity index (χ2n) is 4.63. The number of hydrogen-bond acceptors (Lipinski definition) is 2. The first kappa shape index (κ1) is 11.0. The molecule has 1 fully saturated rings. The van der Waals surface area contributed by atoms with Crippen molar-refractivity contribution in [2.45, 2.75) is 32.1 Å². The first-order valence-electron chi connectivity index (χ1n) is 5.82. The molecule has 2 nitrogen and oxygen atoms in total. The normalized spacial score (nSPS) is 18.0. The number of benzene rings is 1. The van der Waals surface area contributed by atoms with E-state index in [1.165, 1.54) is 18.4 Å². The zero-order valence-electron chi connectivity index (χ0n) is 9.70. The van der Waals surface area contributed by atoms with Crippen molar-refractivity contribution in [3.8, 4) is 11.8 Å². The Hall–Kier alpha value is -1.49. The van der Waals surface area contributed by atoms with Crippen molar-refractivity contribution in [1.29, 1.82) is 5.26 Å².